The number of aryl methyl sites for hydroxylation is 3. The molecule has 0 bridgehead atoms. The molecule has 8 rings (SSSR count). The van der Waals surface area contributed by atoms with Crippen LogP contribution in [0.2, 0.25) is 0 Å². The number of fused-ring (bicyclic) bond motifs is 5. The fourth-order valence-corrected chi connectivity index (χ4v) is 9.54. The van der Waals surface area contributed by atoms with Crippen LogP contribution in [0.5, 0.6) is 0 Å². The lowest BCUT2D eigenvalue weighted by Gasteiger charge is -2.19. The highest BCUT2D eigenvalue weighted by Crippen LogP contribution is 2.39. The van der Waals surface area contributed by atoms with Crippen LogP contribution in [0.1, 0.15) is 112 Å². The van der Waals surface area contributed by atoms with Crippen molar-refractivity contribution in [3.05, 3.63) is 168 Å². The summed E-state index contributed by atoms with van der Waals surface area (Å²) in [5.74, 6) is 0.552. The summed E-state index contributed by atoms with van der Waals surface area (Å²) in [5.41, 5.74) is 14.7. The Balaban J connectivity index is 0.00000544. The molecule has 8 aromatic rings. The van der Waals surface area contributed by atoms with Crippen molar-refractivity contribution < 1.29 is 33.5 Å². The maximum Gasteiger partial charge on any atom is 0.220 e. The van der Waals surface area contributed by atoms with Gasteiger partial charge in [0.05, 0.1) is 16.5 Å². The number of hydrogen-bond donors (Lipinski definition) is 0. The second kappa shape index (κ2) is 20.1. The minimum absolute atomic E-state index is 0. The lowest BCUT2D eigenvalue weighted by atomic mass is 9.85. The van der Waals surface area contributed by atoms with Crippen molar-refractivity contribution in [2.75, 3.05) is 0 Å². The van der Waals surface area contributed by atoms with Crippen LogP contribution in [0.3, 0.4) is 0 Å². The number of nitrogens with one attached hydrogen (secondary N) is 1. The summed E-state index contributed by atoms with van der Waals surface area (Å²) in [6.45, 7) is 9.28. The van der Waals surface area contributed by atoms with Gasteiger partial charge in [0.25, 0.3) is 0 Å². The van der Waals surface area contributed by atoms with E-state index >= 15 is 0 Å². The molecule has 3 heteroatoms. The molecule has 0 spiro atoms. The highest BCUT2D eigenvalue weighted by atomic mass is 127. The highest BCUT2D eigenvalue weighted by molar-refractivity contribution is 6.18. The van der Waals surface area contributed by atoms with Crippen LogP contribution in [-0.2, 0) is 19.9 Å². The molecule has 6 aromatic carbocycles. The first kappa shape index (κ1) is 43.2. The Morgan fingerprint density at radius 1 is 0.583 bits per heavy atom. The molecule has 0 amide bonds. The third kappa shape index (κ3) is 9.37. The summed E-state index contributed by atoms with van der Waals surface area (Å²) in [7, 11) is 2.23. The quantitative estimate of drug-likeness (QED) is 0.0398. The van der Waals surface area contributed by atoms with E-state index < -0.39 is 0 Å². The van der Waals surface area contributed by atoms with Gasteiger partial charge in [0.15, 0.2) is 12.4 Å². The lowest BCUT2D eigenvalue weighted by molar-refractivity contribution is -0.659. The SMILES string of the molecule is CCCCCCCc1cc(C)cc(-c2c3ccc4c5ccccc5ccc4c3cc[n+]2C)c1Cc1ccc(-c2cccc(C(C)CCCCC)c2)cc1-c1cccc[nH+]1.[I-]. The van der Waals surface area contributed by atoms with Crippen molar-refractivity contribution >= 4 is 32.3 Å². The number of aromatic nitrogens is 2. The molecule has 0 saturated carbocycles. The van der Waals surface area contributed by atoms with E-state index in [1.54, 1.807) is 0 Å². The van der Waals surface area contributed by atoms with Gasteiger partial charge < -0.3 is 24.0 Å². The predicted octanol–water partition coefficient (Wildman–Crippen LogP) is 11.9. The van der Waals surface area contributed by atoms with E-state index in [1.165, 1.54) is 146 Å². The molecular weight excluding hydrogens is 840 g/mol. The zero-order chi connectivity index (χ0) is 40.7. The molecule has 0 aliphatic heterocycles. The maximum atomic E-state index is 3.63. The van der Waals surface area contributed by atoms with E-state index in [-0.39, 0.29) is 24.0 Å². The Labute approximate surface area is 376 Å². The lowest BCUT2D eigenvalue weighted by Crippen LogP contribution is -3.00. The average molecular weight is 902 g/mol. The average Bonchev–Trinajstić information content (AvgIpc) is 3.27. The van der Waals surface area contributed by atoms with Crippen LogP contribution in [0.25, 0.3) is 66.0 Å². The van der Waals surface area contributed by atoms with Crippen molar-refractivity contribution in [2.45, 2.75) is 104 Å². The first-order valence-corrected chi connectivity index (χ1v) is 22.5. The topological polar surface area (TPSA) is 18.0 Å². The third-order valence-corrected chi connectivity index (χ3v) is 12.8. The molecule has 0 saturated heterocycles. The zero-order valence-corrected chi connectivity index (χ0v) is 38.6. The molecule has 1 atom stereocenters. The Morgan fingerprint density at radius 2 is 1.32 bits per heavy atom. The molecule has 60 heavy (non-hydrogen) atoms. The minimum Gasteiger partial charge on any atom is -1.00 e. The van der Waals surface area contributed by atoms with Gasteiger partial charge in [-0.1, -0.05) is 151 Å². The molecule has 1 unspecified atom stereocenters. The normalized spacial score (nSPS) is 11.9. The van der Waals surface area contributed by atoms with Crippen LogP contribution < -0.4 is 33.5 Å². The van der Waals surface area contributed by atoms with Gasteiger partial charge >= 0.3 is 0 Å². The van der Waals surface area contributed by atoms with Crippen molar-refractivity contribution in [1.82, 2.24) is 0 Å². The van der Waals surface area contributed by atoms with Gasteiger partial charge in [0.1, 0.15) is 7.05 Å². The number of nitrogens with zero attached hydrogens (tertiary/aromatic N) is 1. The number of H-pyrrole nitrogens is 1. The molecule has 1 N–H and O–H groups in total. The number of halogens is 1. The molecule has 0 aliphatic rings. The van der Waals surface area contributed by atoms with Crippen molar-refractivity contribution in [3.8, 4) is 33.6 Å². The Morgan fingerprint density at radius 3 is 2.15 bits per heavy atom. The Kier molecular flexibility index (Phi) is 14.5. The van der Waals surface area contributed by atoms with Gasteiger partial charge in [-0.15, -0.1) is 0 Å². The largest absolute Gasteiger partial charge is 1.00 e. The smallest absolute Gasteiger partial charge is 0.220 e. The molecule has 0 aliphatic carbocycles. The summed E-state index contributed by atoms with van der Waals surface area (Å²) < 4.78 is 2.36. The molecule has 2 nitrogen and oxygen atoms in total. The van der Waals surface area contributed by atoms with Crippen LogP contribution in [0.4, 0.5) is 0 Å². The van der Waals surface area contributed by atoms with Gasteiger partial charge in [-0.2, -0.15) is 0 Å². The fraction of sp³-hybridized carbons (Fsp3) is 0.298. The minimum atomic E-state index is 0. The fourth-order valence-electron chi connectivity index (χ4n) is 9.54. The summed E-state index contributed by atoms with van der Waals surface area (Å²) in [4.78, 5) is 3.63. The van der Waals surface area contributed by atoms with E-state index in [4.69, 9.17) is 0 Å². The Hall–Kier alpha value is -4.87. The van der Waals surface area contributed by atoms with Crippen LogP contribution in [0.15, 0.2) is 140 Å². The molecule has 2 aromatic heterocycles. The van der Waals surface area contributed by atoms with Crippen LogP contribution in [-0.4, -0.2) is 0 Å². The van der Waals surface area contributed by atoms with Gasteiger partial charge in [-0.25, -0.2) is 9.55 Å². The first-order chi connectivity index (χ1) is 28.9. The van der Waals surface area contributed by atoms with E-state index in [2.05, 4.69) is 184 Å². The number of hydrogen-bond acceptors (Lipinski definition) is 0. The number of pyridine rings is 2. The Bertz CT molecular complexity index is 2710. The molecular formula is C57H62IN2+. The standard InChI is InChI=1S/C57H61N2.HI/c1-6-8-10-11-13-21-46-35-40(3)36-55(57-52-31-30-49-48-24-15-14-20-42(48)28-29-50(49)51(52)32-34-59(57)5)53(46)39-47-27-26-45(38-54(47)56-25-16-17-33-58-56)44-23-18-22-43(37-44)41(4)19-12-9-7-2;/h14-18,20,22-38,41H,6-13,19,21,39H2,1-5H3;1H/q+1;. The van der Waals surface area contributed by atoms with Crippen molar-refractivity contribution in [2.24, 2.45) is 7.05 Å². The maximum absolute atomic E-state index is 3.63. The summed E-state index contributed by atoms with van der Waals surface area (Å²) in [5, 5.41) is 7.83. The van der Waals surface area contributed by atoms with Gasteiger partial charge in [0.2, 0.25) is 11.4 Å². The van der Waals surface area contributed by atoms with Crippen LogP contribution >= 0.6 is 0 Å². The van der Waals surface area contributed by atoms with Gasteiger partial charge in [-0.05, 0) is 123 Å². The number of unbranched alkanes of at least 4 members (excludes halogenated alkanes) is 6. The van der Waals surface area contributed by atoms with Gasteiger partial charge in [-0.3, -0.25) is 0 Å². The second-order valence-corrected chi connectivity index (χ2v) is 17.1. The van der Waals surface area contributed by atoms with Crippen molar-refractivity contribution in [1.29, 1.82) is 0 Å². The number of benzene rings is 6. The summed E-state index contributed by atoms with van der Waals surface area (Å²) >= 11 is 0. The van der Waals surface area contributed by atoms with E-state index in [0.717, 1.165) is 18.5 Å². The molecule has 0 fully saturated rings. The van der Waals surface area contributed by atoms with Crippen molar-refractivity contribution in [3.63, 3.8) is 0 Å². The molecule has 2 heterocycles. The number of rotatable bonds is 16. The monoisotopic (exact) mass is 901 g/mol. The van der Waals surface area contributed by atoms with E-state index in [0.29, 0.717) is 5.92 Å². The van der Waals surface area contributed by atoms with E-state index in [9.17, 15) is 0 Å². The van der Waals surface area contributed by atoms with Crippen LogP contribution in [0, 0.1) is 6.92 Å². The number of aromatic amines is 1. The zero-order valence-electron chi connectivity index (χ0n) is 36.5. The summed E-state index contributed by atoms with van der Waals surface area (Å²) in [6.07, 6.45) is 17.7. The van der Waals surface area contributed by atoms with Gasteiger partial charge in [0, 0.05) is 23.6 Å². The predicted molar refractivity (Wildman–Crippen MR) is 252 cm³/mol. The second-order valence-electron chi connectivity index (χ2n) is 17.1. The molecule has 0 radical (unpaired) electrons. The molecule has 306 valence electrons. The first-order valence-electron chi connectivity index (χ1n) is 22.5. The third-order valence-electron chi connectivity index (χ3n) is 12.8. The highest BCUT2D eigenvalue weighted by Gasteiger charge is 2.24. The summed E-state index contributed by atoms with van der Waals surface area (Å²) in [6, 6.07) is 48.4. The van der Waals surface area contributed by atoms with E-state index in [1.807, 2.05) is 0 Å².